The first-order valence-corrected chi connectivity index (χ1v) is 4.89. The Hall–Kier alpha value is 0.170. The molecule has 1 aliphatic rings. The van der Waals surface area contributed by atoms with Crippen molar-refractivity contribution in [2.75, 3.05) is 11.5 Å². The quantitative estimate of drug-likeness (QED) is 0.714. The van der Waals surface area contributed by atoms with E-state index >= 15 is 0 Å². The average Bonchev–Trinajstić information content (AvgIpc) is 2.39. The second-order valence-corrected chi connectivity index (χ2v) is 4.25. The second-order valence-electron chi connectivity index (χ2n) is 3.18. The molecular formula is C7H13F2NS. The van der Waals surface area contributed by atoms with Crippen molar-refractivity contribution in [2.24, 2.45) is 11.7 Å². The van der Waals surface area contributed by atoms with Crippen LogP contribution in [0.25, 0.3) is 0 Å². The number of hydrogen-bond donors (Lipinski definition) is 1. The Morgan fingerprint density at radius 1 is 1.73 bits per heavy atom. The van der Waals surface area contributed by atoms with Crippen molar-refractivity contribution >= 4 is 11.8 Å². The van der Waals surface area contributed by atoms with Crippen LogP contribution >= 0.6 is 11.8 Å². The maximum absolute atomic E-state index is 12.3. The monoisotopic (exact) mass is 181 g/mol. The van der Waals surface area contributed by atoms with Gasteiger partial charge >= 0.3 is 0 Å². The van der Waals surface area contributed by atoms with E-state index in [4.69, 9.17) is 5.73 Å². The van der Waals surface area contributed by atoms with Gasteiger partial charge in [0.15, 0.2) is 0 Å². The third-order valence-corrected chi connectivity index (χ3v) is 3.06. The van der Waals surface area contributed by atoms with Gasteiger partial charge in [-0.25, -0.2) is 8.78 Å². The number of rotatable bonds is 4. The van der Waals surface area contributed by atoms with E-state index in [1.165, 1.54) is 11.8 Å². The van der Waals surface area contributed by atoms with Crippen molar-refractivity contribution < 1.29 is 8.78 Å². The number of alkyl halides is 2. The van der Waals surface area contributed by atoms with Gasteiger partial charge in [-0.2, -0.15) is 11.8 Å². The summed E-state index contributed by atoms with van der Waals surface area (Å²) in [4.78, 5) is 0. The molecule has 66 valence electrons. The summed E-state index contributed by atoms with van der Waals surface area (Å²) in [6.45, 7) is 1.89. The number of halogens is 2. The lowest BCUT2D eigenvalue weighted by Gasteiger charge is -2.03. The fourth-order valence-electron chi connectivity index (χ4n) is 0.847. The summed E-state index contributed by atoms with van der Waals surface area (Å²) in [7, 11) is 0. The van der Waals surface area contributed by atoms with Gasteiger partial charge < -0.3 is 5.73 Å². The van der Waals surface area contributed by atoms with Gasteiger partial charge in [0.2, 0.25) is 0 Å². The zero-order valence-electron chi connectivity index (χ0n) is 6.52. The molecule has 11 heavy (non-hydrogen) atoms. The highest BCUT2D eigenvalue weighted by molar-refractivity contribution is 7.99. The third-order valence-electron chi connectivity index (χ3n) is 1.66. The van der Waals surface area contributed by atoms with Crippen LogP contribution in [0.3, 0.4) is 0 Å². The molecule has 1 rings (SSSR count). The fraction of sp³-hybridized carbons (Fsp3) is 1.00. The molecule has 0 spiro atoms. The Morgan fingerprint density at radius 3 is 2.64 bits per heavy atom. The fourth-order valence-corrected chi connectivity index (χ4v) is 2.00. The molecule has 2 atom stereocenters. The van der Waals surface area contributed by atoms with E-state index in [0.717, 1.165) is 5.75 Å². The smallest absolute Gasteiger partial charge is 0.252 e. The van der Waals surface area contributed by atoms with Gasteiger partial charge in [0, 0.05) is 29.9 Å². The van der Waals surface area contributed by atoms with E-state index in [-0.39, 0.29) is 18.4 Å². The van der Waals surface area contributed by atoms with Crippen molar-refractivity contribution in [1.82, 2.24) is 0 Å². The van der Waals surface area contributed by atoms with Crippen molar-refractivity contribution in [1.29, 1.82) is 0 Å². The molecule has 1 unspecified atom stereocenters. The lowest BCUT2D eigenvalue weighted by atomic mass is 10.4. The third kappa shape index (κ3) is 2.95. The van der Waals surface area contributed by atoms with Gasteiger partial charge in [-0.1, -0.05) is 0 Å². The molecule has 1 aliphatic carbocycles. The van der Waals surface area contributed by atoms with Gasteiger partial charge in [-0.05, 0) is 6.92 Å². The molecule has 0 radical (unpaired) electrons. The second kappa shape index (κ2) is 3.27. The molecule has 0 aromatic heterocycles. The Balaban J connectivity index is 1.98. The molecule has 0 saturated heterocycles. The van der Waals surface area contributed by atoms with Crippen molar-refractivity contribution in [3.63, 3.8) is 0 Å². The van der Waals surface area contributed by atoms with E-state index in [1.54, 1.807) is 0 Å². The molecular weight excluding hydrogens is 168 g/mol. The van der Waals surface area contributed by atoms with Gasteiger partial charge in [0.1, 0.15) is 0 Å². The SMILES string of the molecule is C[C@@H](N)CSCC1CC1(F)F. The van der Waals surface area contributed by atoms with Crippen molar-refractivity contribution in [2.45, 2.75) is 25.3 Å². The highest BCUT2D eigenvalue weighted by Gasteiger charge is 2.56. The van der Waals surface area contributed by atoms with Crippen LogP contribution in [0.2, 0.25) is 0 Å². The normalized spacial score (nSPS) is 30.0. The summed E-state index contributed by atoms with van der Waals surface area (Å²) < 4.78 is 24.6. The molecule has 0 amide bonds. The minimum atomic E-state index is -2.36. The maximum atomic E-state index is 12.3. The molecule has 4 heteroatoms. The number of nitrogens with two attached hydrogens (primary N) is 1. The summed E-state index contributed by atoms with van der Waals surface area (Å²) in [5.41, 5.74) is 5.46. The standard InChI is InChI=1S/C7H13F2NS/c1-5(10)3-11-4-6-2-7(6,8)9/h5-6H,2-4,10H2,1H3/t5-,6?/m1/s1. The Labute approximate surface area is 69.7 Å². The van der Waals surface area contributed by atoms with Crippen LogP contribution in [-0.2, 0) is 0 Å². The summed E-state index contributed by atoms with van der Waals surface area (Å²) in [6, 6.07) is 0.118. The lowest BCUT2D eigenvalue weighted by molar-refractivity contribution is 0.103. The van der Waals surface area contributed by atoms with Gasteiger partial charge in [-0.15, -0.1) is 0 Å². The molecule has 0 aromatic carbocycles. The van der Waals surface area contributed by atoms with E-state index in [2.05, 4.69) is 0 Å². The number of thioether (sulfide) groups is 1. The van der Waals surface area contributed by atoms with Crippen LogP contribution in [0, 0.1) is 5.92 Å². The Kier molecular flexibility index (Phi) is 2.75. The molecule has 0 bridgehead atoms. The van der Waals surface area contributed by atoms with Crippen LogP contribution in [0.1, 0.15) is 13.3 Å². The summed E-state index contributed by atoms with van der Waals surface area (Å²) >= 11 is 1.53. The van der Waals surface area contributed by atoms with E-state index in [0.29, 0.717) is 5.75 Å². The first kappa shape index (κ1) is 9.26. The summed E-state index contributed by atoms with van der Waals surface area (Å²) in [6.07, 6.45) is 0.0823. The van der Waals surface area contributed by atoms with E-state index < -0.39 is 5.92 Å². The van der Waals surface area contributed by atoms with E-state index in [9.17, 15) is 8.78 Å². The Morgan fingerprint density at radius 2 is 2.27 bits per heavy atom. The topological polar surface area (TPSA) is 26.0 Å². The lowest BCUT2D eigenvalue weighted by Crippen LogP contribution is -2.18. The molecule has 1 fully saturated rings. The molecule has 2 N–H and O–H groups in total. The largest absolute Gasteiger partial charge is 0.327 e. The Bertz CT molecular complexity index is 138. The predicted molar refractivity (Wildman–Crippen MR) is 44.0 cm³/mol. The predicted octanol–water partition coefficient (Wildman–Crippen LogP) is 1.72. The zero-order valence-corrected chi connectivity index (χ0v) is 7.33. The van der Waals surface area contributed by atoms with Crippen LogP contribution in [-0.4, -0.2) is 23.5 Å². The summed E-state index contributed by atoms with van der Waals surface area (Å²) in [5, 5.41) is 0. The first-order valence-electron chi connectivity index (χ1n) is 3.73. The average molecular weight is 181 g/mol. The number of hydrogen-bond acceptors (Lipinski definition) is 2. The van der Waals surface area contributed by atoms with Crippen molar-refractivity contribution in [3.05, 3.63) is 0 Å². The van der Waals surface area contributed by atoms with Crippen LogP contribution < -0.4 is 5.73 Å². The molecule has 0 heterocycles. The van der Waals surface area contributed by atoms with Crippen LogP contribution in [0.5, 0.6) is 0 Å². The molecule has 1 nitrogen and oxygen atoms in total. The summed E-state index contributed by atoms with van der Waals surface area (Å²) in [5.74, 6) is -1.38. The van der Waals surface area contributed by atoms with Crippen molar-refractivity contribution in [3.8, 4) is 0 Å². The minimum Gasteiger partial charge on any atom is -0.327 e. The highest BCUT2D eigenvalue weighted by atomic mass is 32.2. The van der Waals surface area contributed by atoms with Crippen LogP contribution in [0.4, 0.5) is 8.78 Å². The first-order chi connectivity index (χ1) is 5.02. The molecule has 0 aliphatic heterocycles. The highest BCUT2D eigenvalue weighted by Crippen LogP contribution is 2.49. The van der Waals surface area contributed by atoms with Crippen LogP contribution in [0.15, 0.2) is 0 Å². The van der Waals surface area contributed by atoms with Gasteiger partial charge in [0.05, 0.1) is 0 Å². The molecule has 1 saturated carbocycles. The van der Waals surface area contributed by atoms with E-state index in [1.807, 2.05) is 6.92 Å². The van der Waals surface area contributed by atoms with Gasteiger partial charge in [-0.3, -0.25) is 0 Å². The minimum absolute atomic E-state index is 0.0823. The molecule has 0 aromatic rings. The zero-order chi connectivity index (χ0) is 8.48. The maximum Gasteiger partial charge on any atom is 0.252 e. The van der Waals surface area contributed by atoms with Gasteiger partial charge in [0.25, 0.3) is 5.92 Å².